The Morgan fingerprint density at radius 2 is 2.00 bits per heavy atom. The van der Waals surface area contributed by atoms with Crippen LogP contribution in [-0.4, -0.2) is 29.9 Å². The zero-order valence-electron chi connectivity index (χ0n) is 9.49. The van der Waals surface area contributed by atoms with E-state index in [2.05, 4.69) is 6.92 Å². The van der Waals surface area contributed by atoms with Gasteiger partial charge in [-0.15, -0.1) is 0 Å². The highest BCUT2D eigenvalue weighted by Gasteiger charge is 2.09. The minimum absolute atomic E-state index is 0.00617. The molecule has 1 rings (SSSR count). The van der Waals surface area contributed by atoms with Crippen LogP contribution in [-0.2, 0) is 6.61 Å². The average Bonchev–Trinajstić information content (AvgIpc) is 2.29. The molecule has 0 spiro atoms. The molecule has 1 aromatic rings. The average molecular weight is 244 g/mol. The number of anilines is 1. The van der Waals surface area contributed by atoms with Crippen LogP contribution in [0.3, 0.4) is 0 Å². The van der Waals surface area contributed by atoms with Crippen LogP contribution in [0.5, 0.6) is 0 Å². The van der Waals surface area contributed by atoms with Gasteiger partial charge in [-0.3, -0.25) is 0 Å². The van der Waals surface area contributed by atoms with E-state index in [0.717, 1.165) is 24.2 Å². The molecule has 0 radical (unpaired) electrons. The second-order valence-electron chi connectivity index (χ2n) is 3.65. The van der Waals surface area contributed by atoms with Gasteiger partial charge in [0.05, 0.1) is 23.9 Å². The molecule has 0 aliphatic carbocycles. The topological polar surface area (TPSA) is 43.7 Å². The molecule has 0 saturated carbocycles. The van der Waals surface area contributed by atoms with Crippen molar-refractivity contribution in [2.45, 2.75) is 20.0 Å². The van der Waals surface area contributed by atoms with E-state index in [0.29, 0.717) is 11.6 Å². The van der Waals surface area contributed by atoms with Crippen molar-refractivity contribution in [3.8, 4) is 0 Å². The maximum Gasteiger partial charge on any atom is 0.0682 e. The van der Waals surface area contributed by atoms with Gasteiger partial charge in [0, 0.05) is 13.1 Å². The second kappa shape index (κ2) is 6.74. The first-order valence-corrected chi connectivity index (χ1v) is 5.85. The molecule has 0 fully saturated rings. The molecular weight excluding hydrogens is 226 g/mol. The molecular formula is C12H18ClNO2. The zero-order chi connectivity index (χ0) is 12.0. The molecule has 1 aromatic carbocycles. The van der Waals surface area contributed by atoms with Gasteiger partial charge in [-0.1, -0.05) is 24.6 Å². The number of nitrogens with zero attached hydrogens (tertiary/aromatic N) is 1. The fourth-order valence-electron chi connectivity index (χ4n) is 1.65. The second-order valence-corrected chi connectivity index (χ2v) is 4.06. The lowest BCUT2D eigenvalue weighted by Crippen LogP contribution is -2.27. The largest absolute Gasteiger partial charge is 0.395 e. The maximum absolute atomic E-state index is 8.99. The third kappa shape index (κ3) is 3.37. The molecule has 0 amide bonds. The summed E-state index contributed by atoms with van der Waals surface area (Å²) < 4.78 is 0. The normalized spacial score (nSPS) is 10.5. The Balaban J connectivity index is 2.90. The van der Waals surface area contributed by atoms with Crippen LogP contribution in [0.4, 0.5) is 5.69 Å². The van der Waals surface area contributed by atoms with Crippen molar-refractivity contribution in [1.29, 1.82) is 0 Å². The van der Waals surface area contributed by atoms with Gasteiger partial charge >= 0.3 is 0 Å². The molecule has 0 aliphatic rings. The van der Waals surface area contributed by atoms with Crippen molar-refractivity contribution in [2.24, 2.45) is 0 Å². The van der Waals surface area contributed by atoms with Crippen LogP contribution in [0.2, 0.25) is 5.02 Å². The van der Waals surface area contributed by atoms with Crippen molar-refractivity contribution >= 4 is 17.3 Å². The third-order valence-electron chi connectivity index (χ3n) is 2.40. The van der Waals surface area contributed by atoms with E-state index in [9.17, 15) is 0 Å². The van der Waals surface area contributed by atoms with E-state index >= 15 is 0 Å². The predicted octanol–water partition coefficient (Wildman–Crippen LogP) is 2.04. The lowest BCUT2D eigenvalue weighted by Gasteiger charge is -2.24. The Morgan fingerprint density at radius 1 is 1.25 bits per heavy atom. The highest BCUT2D eigenvalue weighted by molar-refractivity contribution is 6.33. The summed E-state index contributed by atoms with van der Waals surface area (Å²) in [4.78, 5) is 2.05. The highest BCUT2D eigenvalue weighted by atomic mass is 35.5. The molecule has 2 N–H and O–H groups in total. The van der Waals surface area contributed by atoms with Gasteiger partial charge in [0.25, 0.3) is 0 Å². The first-order valence-electron chi connectivity index (χ1n) is 5.48. The van der Waals surface area contributed by atoms with Crippen LogP contribution in [0.25, 0.3) is 0 Å². The minimum atomic E-state index is -0.00617. The number of rotatable bonds is 6. The summed E-state index contributed by atoms with van der Waals surface area (Å²) >= 11 is 6.14. The van der Waals surface area contributed by atoms with Crippen LogP contribution >= 0.6 is 11.6 Å². The maximum atomic E-state index is 8.99. The Bertz CT molecular complexity index is 325. The molecule has 0 saturated heterocycles. The van der Waals surface area contributed by atoms with Gasteiger partial charge in [0.1, 0.15) is 0 Å². The number of hydrogen-bond donors (Lipinski definition) is 2. The molecule has 0 unspecified atom stereocenters. The number of aliphatic hydroxyl groups is 2. The summed E-state index contributed by atoms with van der Waals surface area (Å²) in [6.45, 7) is 3.62. The van der Waals surface area contributed by atoms with Crippen molar-refractivity contribution < 1.29 is 10.2 Å². The van der Waals surface area contributed by atoms with Gasteiger partial charge in [0.15, 0.2) is 0 Å². The Kier molecular flexibility index (Phi) is 5.60. The van der Waals surface area contributed by atoms with E-state index < -0.39 is 0 Å². The quantitative estimate of drug-likeness (QED) is 0.804. The first-order chi connectivity index (χ1) is 7.72. The van der Waals surface area contributed by atoms with E-state index in [1.807, 2.05) is 17.0 Å². The van der Waals surface area contributed by atoms with Crippen LogP contribution in [0.1, 0.15) is 18.9 Å². The molecule has 4 heteroatoms. The molecule has 0 aliphatic heterocycles. The van der Waals surface area contributed by atoms with Crippen LogP contribution < -0.4 is 4.90 Å². The van der Waals surface area contributed by atoms with E-state index in [1.165, 1.54) is 0 Å². The van der Waals surface area contributed by atoms with Crippen molar-refractivity contribution in [3.05, 3.63) is 28.8 Å². The molecule has 0 bridgehead atoms. The van der Waals surface area contributed by atoms with Gasteiger partial charge in [-0.2, -0.15) is 0 Å². The Morgan fingerprint density at radius 3 is 2.50 bits per heavy atom. The summed E-state index contributed by atoms with van der Waals surface area (Å²) in [6.07, 6.45) is 0.998. The Hall–Kier alpha value is -0.770. The van der Waals surface area contributed by atoms with E-state index in [4.69, 9.17) is 21.8 Å². The summed E-state index contributed by atoms with van der Waals surface area (Å²) in [5.41, 5.74) is 1.71. The molecule has 0 heterocycles. The fourth-order valence-corrected chi connectivity index (χ4v) is 1.97. The number of hydrogen-bond acceptors (Lipinski definition) is 3. The van der Waals surface area contributed by atoms with Gasteiger partial charge < -0.3 is 15.1 Å². The van der Waals surface area contributed by atoms with Crippen LogP contribution in [0.15, 0.2) is 18.2 Å². The Labute approximate surface area is 101 Å². The van der Waals surface area contributed by atoms with Crippen LogP contribution in [0, 0.1) is 0 Å². The van der Waals surface area contributed by atoms with E-state index in [1.54, 1.807) is 6.07 Å². The third-order valence-corrected chi connectivity index (χ3v) is 2.70. The van der Waals surface area contributed by atoms with Gasteiger partial charge in [-0.05, 0) is 24.1 Å². The molecule has 3 nitrogen and oxygen atoms in total. The van der Waals surface area contributed by atoms with Crippen molar-refractivity contribution in [2.75, 3.05) is 24.6 Å². The molecule has 90 valence electrons. The SMILES string of the molecule is CCCN(CCO)c1ccc(CO)cc1Cl. The highest BCUT2D eigenvalue weighted by Crippen LogP contribution is 2.27. The van der Waals surface area contributed by atoms with E-state index in [-0.39, 0.29) is 13.2 Å². The number of halogens is 1. The monoisotopic (exact) mass is 243 g/mol. The summed E-state index contributed by atoms with van der Waals surface area (Å²) in [5.74, 6) is 0. The van der Waals surface area contributed by atoms with Gasteiger partial charge in [-0.25, -0.2) is 0 Å². The summed E-state index contributed by atoms with van der Waals surface area (Å²) in [6, 6.07) is 5.50. The lowest BCUT2D eigenvalue weighted by molar-refractivity contribution is 0.282. The molecule has 16 heavy (non-hydrogen) atoms. The first kappa shape index (κ1) is 13.3. The lowest BCUT2D eigenvalue weighted by atomic mass is 10.2. The van der Waals surface area contributed by atoms with Crippen molar-refractivity contribution in [1.82, 2.24) is 0 Å². The van der Waals surface area contributed by atoms with Gasteiger partial charge in [0.2, 0.25) is 0 Å². The molecule has 0 atom stereocenters. The predicted molar refractivity (Wildman–Crippen MR) is 67.0 cm³/mol. The standard InChI is InChI=1S/C12H18ClNO2/c1-2-5-14(6-7-15)12-4-3-10(9-16)8-11(12)13/h3-4,8,15-16H,2,5-7,9H2,1H3. The summed E-state index contributed by atoms with van der Waals surface area (Å²) in [7, 11) is 0. The molecule has 0 aromatic heterocycles. The smallest absolute Gasteiger partial charge is 0.0682 e. The zero-order valence-corrected chi connectivity index (χ0v) is 10.2. The van der Waals surface area contributed by atoms with Crippen molar-refractivity contribution in [3.63, 3.8) is 0 Å². The number of benzene rings is 1. The fraction of sp³-hybridized carbons (Fsp3) is 0.500. The number of aliphatic hydroxyl groups excluding tert-OH is 2. The summed E-state index contributed by atoms with van der Waals surface area (Å²) in [5, 5.41) is 18.6. The minimum Gasteiger partial charge on any atom is -0.395 e.